The van der Waals surface area contributed by atoms with Crippen LogP contribution >= 0.6 is 0 Å². The van der Waals surface area contributed by atoms with E-state index in [4.69, 9.17) is 9.47 Å². The van der Waals surface area contributed by atoms with Crippen molar-refractivity contribution in [2.24, 2.45) is 0 Å². The van der Waals surface area contributed by atoms with E-state index < -0.39 is 10.0 Å². The molecule has 1 N–H and O–H groups in total. The molecular weight excluding hydrogens is 304 g/mol. The Hall–Kier alpha value is -1.15. The number of nitrogens with zero attached hydrogens (tertiary/aromatic N) is 1. The van der Waals surface area contributed by atoms with Gasteiger partial charge in [-0.2, -0.15) is 0 Å². The largest absolute Gasteiger partial charge is 0.496 e. The fraction of sp³-hybridized carbons (Fsp3) is 0.600. The molecule has 1 aliphatic heterocycles. The molecule has 1 saturated heterocycles. The minimum Gasteiger partial charge on any atom is -0.496 e. The predicted molar refractivity (Wildman–Crippen MR) is 84.8 cm³/mol. The first kappa shape index (κ1) is 17.2. The number of sulfonamides is 1. The molecule has 1 aromatic rings. The summed E-state index contributed by atoms with van der Waals surface area (Å²) in [6, 6.07) is 5.00. The first-order valence-corrected chi connectivity index (χ1v) is 8.88. The maximum Gasteiger partial charge on any atom is 0.240 e. The molecule has 1 aliphatic rings. The third-order valence-corrected chi connectivity index (χ3v) is 5.34. The monoisotopic (exact) mass is 328 g/mol. The Labute approximate surface area is 132 Å². The molecule has 1 aromatic carbocycles. The van der Waals surface area contributed by atoms with Gasteiger partial charge in [-0.15, -0.1) is 0 Å². The molecule has 0 bridgehead atoms. The minimum absolute atomic E-state index is 0.137. The number of morpholine rings is 1. The van der Waals surface area contributed by atoms with E-state index in [-0.39, 0.29) is 10.9 Å². The van der Waals surface area contributed by atoms with Gasteiger partial charge >= 0.3 is 0 Å². The van der Waals surface area contributed by atoms with Crippen LogP contribution in [0.15, 0.2) is 23.1 Å². The highest BCUT2D eigenvalue weighted by Crippen LogP contribution is 2.21. The maximum absolute atomic E-state index is 12.4. The van der Waals surface area contributed by atoms with E-state index in [1.54, 1.807) is 25.3 Å². The summed E-state index contributed by atoms with van der Waals surface area (Å²) >= 11 is 0. The van der Waals surface area contributed by atoms with Crippen molar-refractivity contribution in [1.29, 1.82) is 0 Å². The molecule has 0 aromatic heterocycles. The van der Waals surface area contributed by atoms with Gasteiger partial charge in [-0.1, -0.05) is 0 Å². The van der Waals surface area contributed by atoms with Crippen molar-refractivity contribution >= 4 is 10.0 Å². The van der Waals surface area contributed by atoms with Gasteiger partial charge in [-0.25, -0.2) is 13.1 Å². The van der Waals surface area contributed by atoms with Gasteiger partial charge in [0, 0.05) is 25.7 Å². The molecule has 124 valence electrons. The van der Waals surface area contributed by atoms with Crippen LogP contribution in [0.5, 0.6) is 5.75 Å². The Balaban J connectivity index is 1.99. The van der Waals surface area contributed by atoms with Crippen LogP contribution in [-0.2, 0) is 14.8 Å². The van der Waals surface area contributed by atoms with Crippen LogP contribution < -0.4 is 9.46 Å². The Bertz CT molecular complexity index is 598. The zero-order valence-electron chi connectivity index (χ0n) is 13.3. The quantitative estimate of drug-likeness (QED) is 0.844. The summed E-state index contributed by atoms with van der Waals surface area (Å²) < 4.78 is 37.9. The lowest BCUT2D eigenvalue weighted by Gasteiger charge is -2.32. The number of methoxy groups -OCH3 is 1. The molecule has 0 unspecified atom stereocenters. The van der Waals surface area contributed by atoms with Crippen LogP contribution in [0, 0.1) is 6.92 Å². The smallest absolute Gasteiger partial charge is 0.240 e. The van der Waals surface area contributed by atoms with Crippen molar-refractivity contribution in [3.05, 3.63) is 23.8 Å². The van der Waals surface area contributed by atoms with E-state index in [0.29, 0.717) is 25.5 Å². The Kier molecular flexibility index (Phi) is 5.80. The molecule has 1 fully saturated rings. The zero-order valence-corrected chi connectivity index (χ0v) is 14.1. The van der Waals surface area contributed by atoms with E-state index in [9.17, 15) is 8.42 Å². The van der Waals surface area contributed by atoms with Crippen molar-refractivity contribution < 1.29 is 17.9 Å². The molecule has 22 heavy (non-hydrogen) atoms. The molecule has 2 rings (SSSR count). The number of hydrogen-bond acceptors (Lipinski definition) is 5. The van der Waals surface area contributed by atoms with E-state index >= 15 is 0 Å². The van der Waals surface area contributed by atoms with Crippen molar-refractivity contribution in [2.45, 2.75) is 24.8 Å². The molecule has 0 spiro atoms. The molecular formula is C15H24N2O4S. The maximum atomic E-state index is 12.4. The molecule has 7 heteroatoms. The standard InChI is InChI=1S/C15H24N2O4S/c1-12-10-14(4-5-15(12)20-3)22(18,19)16-11-13(2)17-6-8-21-9-7-17/h4-5,10,13,16H,6-9,11H2,1-3H3/t13-/m1/s1. The minimum atomic E-state index is -3.50. The lowest BCUT2D eigenvalue weighted by atomic mass is 10.2. The molecule has 0 aliphatic carbocycles. The van der Waals surface area contributed by atoms with Gasteiger partial charge < -0.3 is 9.47 Å². The zero-order chi connectivity index (χ0) is 16.2. The van der Waals surface area contributed by atoms with Gasteiger partial charge in [-0.3, -0.25) is 4.90 Å². The Morgan fingerprint density at radius 3 is 2.64 bits per heavy atom. The fourth-order valence-electron chi connectivity index (χ4n) is 2.48. The second kappa shape index (κ2) is 7.41. The summed E-state index contributed by atoms with van der Waals surface area (Å²) in [6.07, 6.45) is 0. The van der Waals surface area contributed by atoms with E-state index in [0.717, 1.165) is 18.7 Å². The average molecular weight is 328 g/mol. The SMILES string of the molecule is COc1ccc(S(=O)(=O)NC[C@@H](C)N2CCOCC2)cc1C. The molecule has 0 amide bonds. The number of nitrogens with one attached hydrogen (secondary N) is 1. The van der Waals surface area contributed by atoms with Crippen LogP contribution in [0.3, 0.4) is 0 Å². The molecule has 1 atom stereocenters. The topological polar surface area (TPSA) is 67.9 Å². The van der Waals surface area contributed by atoms with Crippen molar-refractivity contribution in [1.82, 2.24) is 9.62 Å². The van der Waals surface area contributed by atoms with Gasteiger partial charge in [0.1, 0.15) is 5.75 Å². The summed E-state index contributed by atoms with van der Waals surface area (Å²) in [6.45, 7) is 7.31. The molecule has 0 saturated carbocycles. The van der Waals surface area contributed by atoms with Crippen LogP contribution in [-0.4, -0.2) is 59.3 Å². The second-order valence-electron chi connectivity index (χ2n) is 5.48. The van der Waals surface area contributed by atoms with Crippen molar-refractivity contribution in [3.8, 4) is 5.75 Å². The number of aryl methyl sites for hydroxylation is 1. The summed E-state index contributed by atoms with van der Waals surface area (Å²) in [5, 5.41) is 0. The molecule has 6 nitrogen and oxygen atoms in total. The summed E-state index contributed by atoms with van der Waals surface area (Å²) in [4.78, 5) is 2.49. The normalized spacial score (nSPS) is 18.1. The Morgan fingerprint density at radius 2 is 2.05 bits per heavy atom. The first-order valence-electron chi connectivity index (χ1n) is 7.40. The third-order valence-electron chi connectivity index (χ3n) is 3.91. The summed E-state index contributed by atoms with van der Waals surface area (Å²) in [5.41, 5.74) is 0.798. The molecule has 1 heterocycles. The van der Waals surface area contributed by atoms with E-state index in [1.807, 2.05) is 13.8 Å². The summed E-state index contributed by atoms with van der Waals surface area (Å²) in [7, 11) is -1.94. The summed E-state index contributed by atoms with van der Waals surface area (Å²) in [5.74, 6) is 0.681. The van der Waals surface area contributed by atoms with Crippen molar-refractivity contribution in [2.75, 3.05) is 40.0 Å². The van der Waals surface area contributed by atoms with Gasteiger partial charge in [-0.05, 0) is 37.6 Å². The van der Waals surface area contributed by atoms with Crippen LogP contribution in [0.4, 0.5) is 0 Å². The highest BCUT2D eigenvalue weighted by Gasteiger charge is 2.20. The number of rotatable bonds is 6. The number of ether oxygens (including phenoxy) is 2. The van der Waals surface area contributed by atoms with E-state index in [1.165, 1.54) is 0 Å². The van der Waals surface area contributed by atoms with Crippen LogP contribution in [0.2, 0.25) is 0 Å². The second-order valence-corrected chi connectivity index (χ2v) is 7.25. The van der Waals surface area contributed by atoms with Crippen LogP contribution in [0.1, 0.15) is 12.5 Å². The van der Waals surface area contributed by atoms with Gasteiger partial charge in [0.05, 0.1) is 25.2 Å². The number of hydrogen-bond donors (Lipinski definition) is 1. The predicted octanol–water partition coefficient (Wildman–Crippen LogP) is 1.00. The van der Waals surface area contributed by atoms with Crippen LogP contribution in [0.25, 0.3) is 0 Å². The Morgan fingerprint density at radius 1 is 1.36 bits per heavy atom. The highest BCUT2D eigenvalue weighted by molar-refractivity contribution is 7.89. The lowest BCUT2D eigenvalue weighted by Crippen LogP contribution is -2.47. The van der Waals surface area contributed by atoms with Crippen molar-refractivity contribution in [3.63, 3.8) is 0 Å². The average Bonchev–Trinajstić information content (AvgIpc) is 2.53. The lowest BCUT2D eigenvalue weighted by molar-refractivity contribution is 0.0213. The third kappa shape index (κ3) is 4.19. The molecule has 0 radical (unpaired) electrons. The van der Waals surface area contributed by atoms with Gasteiger partial charge in [0.2, 0.25) is 10.0 Å². The van der Waals surface area contributed by atoms with E-state index in [2.05, 4.69) is 9.62 Å². The first-order chi connectivity index (χ1) is 10.4. The highest BCUT2D eigenvalue weighted by atomic mass is 32.2. The fourth-order valence-corrected chi connectivity index (χ4v) is 3.69. The number of benzene rings is 1. The van der Waals surface area contributed by atoms with Gasteiger partial charge in [0.15, 0.2) is 0 Å². The van der Waals surface area contributed by atoms with Gasteiger partial charge in [0.25, 0.3) is 0 Å².